The lowest BCUT2D eigenvalue weighted by atomic mass is 9.81. The Kier molecular flexibility index (Phi) is 4.73. The first-order valence-corrected chi connectivity index (χ1v) is 6.04. The number of rotatable bonds is 5. The van der Waals surface area contributed by atoms with E-state index in [1.165, 1.54) is 12.1 Å². The van der Waals surface area contributed by atoms with Gasteiger partial charge in [0.05, 0.1) is 12.2 Å². The molecule has 1 aromatic carbocycles. The Bertz CT molecular complexity index is 424. The molecule has 0 atom stereocenters. The van der Waals surface area contributed by atoms with Crippen molar-refractivity contribution in [1.82, 2.24) is 0 Å². The maximum absolute atomic E-state index is 11.7. The first-order chi connectivity index (χ1) is 8.42. The number of aliphatic hydroxyl groups is 1. The minimum Gasteiger partial charge on any atom is -0.508 e. The van der Waals surface area contributed by atoms with Crippen LogP contribution in [0.2, 0.25) is 0 Å². The van der Waals surface area contributed by atoms with Gasteiger partial charge in [-0.25, -0.2) is 4.79 Å². The van der Waals surface area contributed by atoms with E-state index in [1.807, 2.05) is 20.8 Å². The molecule has 0 amide bonds. The summed E-state index contributed by atoms with van der Waals surface area (Å²) in [7, 11) is 0. The van der Waals surface area contributed by atoms with Gasteiger partial charge < -0.3 is 14.9 Å². The summed E-state index contributed by atoms with van der Waals surface area (Å²) in [6.45, 7) is 5.81. The van der Waals surface area contributed by atoms with Gasteiger partial charge in [0.25, 0.3) is 0 Å². The molecule has 0 aliphatic carbocycles. The number of hydrogen-bond acceptors (Lipinski definition) is 4. The van der Waals surface area contributed by atoms with E-state index in [0.29, 0.717) is 5.56 Å². The Morgan fingerprint density at radius 1 is 1.39 bits per heavy atom. The number of phenolic OH excluding ortho intramolecular Hbond substituents is 1. The number of aromatic hydroxyl groups is 1. The van der Waals surface area contributed by atoms with Gasteiger partial charge in [0.15, 0.2) is 0 Å². The first kappa shape index (κ1) is 14.5. The molecule has 0 saturated heterocycles. The van der Waals surface area contributed by atoms with E-state index < -0.39 is 5.97 Å². The summed E-state index contributed by atoms with van der Waals surface area (Å²) < 4.78 is 4.85. The fraction of sp³-hybridized carbons (Fsp3) is 0.500. The molecule has 2 N–H and O–H groups in total. The molecule has 0 saturated carbocycles. The summed E-state index contributed by atoms with van der Waals surface area (Å²) in [5.41, 5.74) is 0.901. The summed E-state index contributed by atoms with van der Waals surface area (Å²) in [5.74, 6) is -0.308. The summed E-state index contributed by atoms with van der Waals surface area (Å²) >= 11 is 0. The van der Waals surface area contributed by atoms with E-state index >= 15 is 0 Å². The number of aliphatic hydroxyl groups excluding tert-OH is 1. The number of esters is 1. The molecule has 1 rings (SSSR count). The number of phenols is 1. The minimum absolute atomic E-state index is 0.0216. The van der Waals surface area contributed by atoms with Gasteiger partial charge in [-0.1, -0.05) is 20.8 Å². The van der Waals surface area contributed by atoms with Crippen molar-refractivity contribution in [3.8, 4) is 5.75 Å². The van der Waals surface area contributed by atoms with Crippen molar-refractivity contribution in [2.24, 2.45) is 0 Å². The van der Waals surface area contributed by atoms with Gasteiger partial charge in [-0.3, -0.25) is 0 Å². The lowest BCUT2D eigenvalue weighted by molar-refractivity contribution is 0.0433. The number of carbonyl (C=O) groups excluding carboxylic acids is 1. The zero-order valence-electron chi connectivity index (χ0n) is 11.1. The van der Waals surface area contributed by atoms with Gasteiger partial charge in [0.1, 0.15) is 12.4 Å². The van der Waals surface area contributed by atoms with E-state index in [4.69, 9.17) is 9.84 Å². The third-order valence-electron chi connectivity index (χ3n) is 3.17. The molecule has 0 aliphatic heterocycles. The van der Waals surface area contributed by atoms with Gasteiger partial charge >= 0.3 is 5.97 Å². The molecule has 0 fully saturated rings. The normalized spacial score (nSPS) is 11.3. The number of benzene rings is 1. The second-order valence-electron chi connectivity index (χ2n) is 4.83. The monoisotopic (exact) mass is 252 g/mol. The highest BCUT2D eigenvalue weighted by molar-refractivity contribution is 5.90. The van der Waals surface area contributed by atoms with Crippen molar-refractivity contribution in [2.75, 3.05) is 13.2 Å². The zero-order valence-corrected chi connectivity index (χ0v) is 11.1. The summed E-state index contributed by atoms with van der Waals surface area (Å²) in [6, 6.07) is 4.67. The van der Waals surface area contributed by atoms with Crippen LogP contribution in [0, 0.1) is 0 Å². The molecule has 0 unspecified atom stereocenters. The molecule has 0 heterocycles. The van der Waals surface area contributed by atoms with Crippen LogP contribution in [0.4, 0.5) is 0 Å². The van der Waals surface area contributed by atoms with Crippen LogP contribution in [-0.2, 0) is 10.2 Å². The third-order valence-corrected chi connectivity index (χ3v) is 3.17. The smallest absolute Gasteiger partial charge is 0.338 e. The Morgan fingerprint density at radius 3 is 2.61 bits per heavy atom. The number of hydrogen-bond donors (Lipinski definition) is 2. The maximum Gasteiger partial charge on any atom is 0.338 e. The average Bonchev–Trinajstić information content (AvgIpc) is 2.36. The van der Waals surface area contributed by atoms with Crippen molar-refractivity contribution < 1.29 is 19.7 Å². The summed E-state index contributed by atoms with van der Waals surface area (Å²) in [5, 5.41) is 18.5. The third kappa shape index (κ3) is 3.23. The molecule has 4 heteroatoms. The molecule has 1 aromatic rings. The standard InChI is InChI=1S/C14H20O4/c1-4-14(2,3)11-9-10(5-6-12(11)16)13(17)18-8-7-15/h5-6,9,15-16H,4,7-8H2,1-3H3. The number of carbonyl (C=O) groups is 1. The summed E-state index contributed by atoms with van der Waals surface area (Å²) in [6.07, 6.45) is 0.843. The van der Waals surface area contributed by atoms with E-state index in [2.05, 4.69) is 0 Å². The Hall–Kier alpha value is -1.55. The fourth-order valence-corrected chi connectivity index (χ4v) is 1.62. The van der Waals surface area contributed by atoms with Crippen LogP contribution in [0.25, 0.3) is 0 Å². The minimum atomic E-state index is -0.489. The van der Waals surface area contributed by atoms with Gasteiger partial charge in [0, 0.05) is 5.56 Å². The summed E-state index contributed by atoms with van der Waals surface area (Å²) in [4.78, 5) is 11.7. The first-order valence-electron chi connectivity index (χ1n) is 6.04. The average molecular weight is 252 g/mol. The van der Waals surface area contributed by atoms with E-state index in [1.54, 1.807) is 6.07 Å². The van der Waals surface area contributed by atoms with Gasteiger partial charge in [-0.2, -0.15) is 0 Å². The molecule has 100 valence electrons. The lowest BCUT2D eigenvalue weighted by Gasteiger charge is -2.24. The van der Waals surface area contributed by atoms with Crippen LogP contribution < -0.4 is 0 Å². The molecule has 0 radical (unpaired) electrons. The van der Waals surface area contributed by atoms with Crippen LogP contribution in [0.1, 0.15) is 43.1 Å². The topological polar surface area (TPSA) is 66.8 Å². The van der Waals surface area contributed by atoms with Crippen molar-refractivity contribution in [1.29, 1.82) is 0 Å². The highest BCUT2D eigenvalue weighted by Gasteiger charge is 2.23. The zero-order chi connectivity index (χ0) is 13.8. The molecule has 0 spiro atoms. The molecular weight excluding hydrogens is 232 g/mol. The fourth-order valence-electron chi connectivity index (χ4n) is 1.62. The second-order valence-corrected chi connectivity index (χ2v) is 4.83. The second kappa shape index (κ2) is 5.87. The van der Waals surface area contributed by atoms with Crippen LogP contribution in [0.3, 0.4) is 0 Å². The van der Waals surface area contributed by atoms with Crippen LogP contribution in [-0.4, -0.2) is 29.4 Å². The SMILES string of the molecule is CCC(C)(C)c1cc(C(=O)OCCO)ccc1O. The highest BCUT2D eigenvalue weighted by Crippen LogP contribution is 2.34. The molecular formula is C14H20O4. The molecule has 4 nitrogen and oxygen atoms in total. The largest absolute Gasteiger partial charge is 0.508 e. The molecule has 0 bridgehead atoms. The Labute approximate surface area is 107 Å². The Morgan fingerprint density at radius 2 is 2.06 bits per heavy atom. The maximum atomic E-state index is 11.7. The lowest BCUT2D eigenvalue weighted by Crippen LogP contribution is -2.17. The van der Waals surface area contributed by atoms with Gasteiger partial charge in [-0.15, -0.1) is 0 Å². The van der Waals surface area contributed by atoms with Crippen molar-refractivity contribution in [3.05, 3.63) is 29.3 Å². The predicted molar refractivity (Wildman–Crippen MR) is 68.8 cm³/mol. The Balaban J connectivity index is 3.04. The van der Waals surface area contributed by atoms with Gasteiger partial charge in [0.2, 0.25) is 0 Å². The van der Waals surface area contributed by atoms with Crippen LogP contribution >= 0.6 is 0 Å². The van der Waals surface area contributed by atoms with Crippen molar-refractivity contribution in [2.45, 2.75) is 32.6 Å². The predicted octanol–water partition coefficient (Wildman–Crippen LogP) is 2.23. The van der Waals surface area contributed by atoms with E-state index in [0.717, 1.165) is 12.0 Å². The van der Waals surface area contributed by atoms with Crippen LogP contribution in [0.15, 0.2) is 18.2 Å². The molecule has 0 aromatic heterocycles. The van der Waals surface area contributed by atoms with Gasteiger partial charge in [-0.05, 0) is 30.0 Å². The number of ether oxygens (including phenoxy) is 1. The molecule has 0 aliphatic rings. The quantitative estimate of drug-likeness (QED) is 0.789. The molecule has 18 heavy (non-hydrogen) atoms. The van der Waals surface area contributed by atoms with Crippen molar-refractivity contribution >= 4 is 5.97 Å². The highest BCUT2D eigenvalue weighted by atomic mass is 16.5. The van der Waals surface area contributed by atoms with Crippen molar-refractivity contribution in [3.63, 3.8) is 0 Å². The van der Waals surface area contributed by atoms with E-state index in [9.17, 15) is 9.90 Å². The van der Waals surface area contributed by atoms with E-state index in [-0.39, 0.29) is 24.4 Å². The van der Waals surface area contributed by atoms with Crippen LogP contribution in [0.5, 0.6) is 5.75 Å².